The number of rotatable bonds is 5. The van der Waals surface area contributed by atoms with Crippen LogP contribution in [-0.2, 0) is 0 Å². The molecule has 2 aromatic rings. The maximum Gasteiger partial charge on any atom is 0.270 e. The molecule has 1 atom stereocenters. The predicted octanol–water partition coefficient (Wildman–Crippen LogP) is 1.70. The highest BCUT2D eigenvalue weighted by atomic mass is 32.1. The first kappa shape index (κ1) is 13.4. The maximum atomic E-state index is 12.1. The largest absolute Gasteiger partial charge is 0.341 e. The summed E-state index contributed by atoms with van der Waals surface area (Å²) >= 11 is 1.52. The minimum absolute atomic E-state index is 0.0937. The third-order valence-electron chi connectivity index (χ3n) is 2.62. The van der Waals surface area contributed by atoms with Crippen LogP contribution in [0.2, 0.25) is 0 Å². The fourth-order valence-corrected chi connectivity index (χ4v) is 2.39. The normalized spacial score (nSPS) is 11.9. The van der Waals surface area contributed by atoms with Crippen LogP contribution in [0, 0.1) is 0 Å². The monoisotopic (exact) mass is 277 g/mol. The van der Waals surface area contributed by atoms with Crippen LogP contribution >= 0.6 is 11.3 Å². The lowest BCUT2D eigenvalue weighted by Crippen LogP contribution is -2.28. The molecule has 0 radical (unpaired) electrons. The van der Waals surface area contributed by atoms with Gasteiger partial charge in [-0.25, -0.2) is 4.98 Å². The number of anilines is 1. The van der Waals surface area contributed by atoms with Gasteiger partial charge < -0.3 is 10.7 Å². The van der Waals surface area contributed by atoms with Gasteiger partial charge in [-0.2, -0.15) is 0 Å². The Morgan fingerprint density at radius 1 is 1.47 bits per heavy atom. The molecule has 0 spiro atoms. The molecule has 0 aliphatic heterocycles. The first-order valence-corrected chi connectivity index (χ1v) is 6.75. The Bertz CT molecular complexity index is 543. The molecule has 2 heterocycles. The molecule has 0 aromatic carbocycles. The van der Waals surface area contributed by atoms with Crippen molar-refractivity contribution in [3.05, 3.63) is 40.6 Å². The van der Waals surface area contributed by atoms with E-state index >= 15 is 0 Å². The Labute approximate surface area is 115 Å². The molecule has 0 aliphatic rings. The standard InChI is InChI=1S/C12H15N5OS/c1-2-9(12-15-5-6-19-12)16-11(18)10-7-8(17-13)3-4-14-10/h3-7,9H,2,13H2,1H3,(H,14,17)(H,16,18). The number of hydrogen-bond donors (Lipinski definition) is 3. The van der Waals surface area contributed by atoms with E-state index < -0.39 is 0 Å². The van der Waals surface area contributed by atoms with E-state index in [1.54, 1.807) is 18.3 Å². The number of aromatic nitrogens is 2. The van der Waals surface area contributed by atoms with Crippen molar-refractivity contribution >= 4 is 22.9 Å². The van der Waals surface area contributed by atoms with Gasteiger partial charge in [0.1, 0.15) is 10.7 Å². The summed E-state index contributed by atoms with van der Waals surface area (Å²) in [5.41, 5.74) is 3.45. The number of pyridine rings is 1. The highest BCUT2D eigenvalue weighted by Crippen LogP contribution is 2.19. The molecule has 4 N–H and O–H groups in total. The predicted molar refractivity (Wildman–Crippen MR) is 74.7 cm³/mol. The third kappa shape index (κ3) is 3.27. The highest BCUT2D eigenvalue weighted by Gasteiger charge is 2.17. The van der Waals surface area contributed by atoms with Crippen molar-refractivity contribution < 1.29 is 4.79 Å². The lowest BCUT2D eigenvalue weighted by Gasteiger charge is -2.14. The van der Waals surface area contributed by atoms with E-state index in [0.717, 1.165) is 11.4 Å². The average Bonchev–Trinajstić information content (AvgIpc) is 2.98. The van der Waals surface area contributed by atoms with Gasteiger partial charge >= 0.3 is 0 Å². The second-order valence-electron chi connectivity index (χ2n) is 3.88. The number of hydrogen-bond acceptors (Lipinski definition) is 6. The molecule has 0 fully saturated rings. The number of nitrogens with one attached hydrogen (secondary N) is 2. The van der Waals surface area contributed by atoms with Crippen LogP contribution in [0.15, 0.2) is 29.9 Å². The van der Waals surface area contributed by atoms with Crippen LogP contribution in [0.5, 0.6) is 0 Å². The summed E-state index contributed by atoms with van der Waals surface area (Å²) in [5.74, 6) is 5.07. The molecular formula is C12H15N5OS. The topological polar surface area (TPSA) is 92.9 Å². The highest BCUT2D eigenvalue weighted by molar-refractivity contribution is 7.09. The summed E-state index contributed by atoms with van der Waals surface area (Å²) in [6.07, 6.45) is 4.04. The van der Waals surface area contributed by atoms with Crippen molar-refractivity contribution in [2.75, 3.05) is 5.43 Å². The fraction of sp³-hybridized carbons (Fsp3) is 0.250. The van der Waals surface area contributed by atoms with Crippen molar-refractivity contribution in [2.24, 2.45) is 5.84 Å². The number of amides is 1. The zero-order valence-corrected chi connectivity index (χ0v) is 11.3. The van der Waals surface area contributed by atoms with Gasteiger partial charge in [0.2, 0.25) is 0 Å². The smallest absolute Gasteiger partial charge is 0.270 e. The summed E-state index contributed by atoms with van der Waals surface area (Å²) in [4.78, 5) is 20.4. The van der Waals surface area contributed by atoms with Crippen LogP contribution in [-0.4, -0.2) is 15.9 Å². The Hall–Kier alpha value is -1.99. The molecule has 2 rings (SSSR count). The van der Waals surface area contributed by atoms with Crippen LogP contribution < -0.4 is 16.6 Å². The number of nitrogen functional groups attached to an aromatic ring is 1. The molecule has 1 amide bonds. The minimum atomic E-state index is -0.237. The summed E-state index contributed by atoms with van der Waals surface area (Å²) in [5, 5.41) is 5.70. The van der Waals surface area contributed by atoms with Gasteiger partial charge in [-0.1, -0.05) is 6.92 Å². The Morgan fingerprint density at radius 3 is 2.95 bits per heavy atom. The molecule has 0 bridgehead atoms. The van der Waals surface area contributed by atoms with Gasteiger partial charge in [-0.3, -0.25) is 15.6 Å². The number of nitrogens with two attached hydrogens (primary N) is 1. The van der Waals surface area contributed by atoms with Crippen molar-refractivity contribution in [3.63, 3.8) is 0 Å². The molecule has 0 saturated carbocycles. The first-order chi connectivity index (χ1) is 9.24. The number of hydrazine groups is 1. The molecule has 6 nitrogen and oxygen atoms in total. The number of thiazole rings is 1. The van der Waals surface area contributed by atoms with E-state index in [9.17, 15) is 4.79 Å². The van der Waals surface area contributed by atoms with Crippen LogP contribution in [0.4, 0.5) is 5.69 Å². The van der Waals surface area contributed by atoms with Gasteiger partial charge in [-0.05, 0) is 18.6 Å². The van der Waals surface area contributed by atoms with E-state index in [2.05, 4.69) is 20.7 Å². The molecule has 7 heteroatoms. The first-order valence-electron chi connectivity index (χ1n) is 5.87. The molecule has 2 aromatic heterocycles. The van der Waals surface area contributed by atoms with Crippen molar-refractivity contribution in [1.82, 2.24) is 15.3 Å². The molecular weight excluding hydrogens is 262 g/mol. The Kier molecular flexibility index (Phi) is 4.43. The minimum Gasteiger partial charge on any atom is -0.341 e. The lowest BCUT2D eigenvalue weighted by molar-refractivity contribution is 0.0930. The van der Waals surface area contributed by atoms with Crippen molar-refractivity contribution in [2.45, 2.75) is 19.4 Å². The van der Waals surface area contributed by atoms with E-state index in [4.69, 9.17) is 5.84 Å². The SMILES string of the molecule is CCC(NC(=O)c1cc(NN)ccn1)c1nccs1. The summed E-state index contributed by atoms with van der Waals surface area (Å²) in [6, 6.07) is 3.20. The maximum absolute atomic E-state index is 12.1. The number of carbonyl (C=O) groups excluding carboxylic acids is 1. The zero-order chi connectivity index (χ0) is 13.7. The molecule has 0 aliphatic carbocycles. The molecule has 1 unspecified atom stereocenters. The van der Waals surface area contributed by atoms with E-state index in [1.807, 2.05) is 12.3 Å². The summed E-state index contributed by atoms with van der Waals surface area (Å²) in [6.45, 7) is 2.00. The number of carbonyl (C=O) groups is 1. The summed E-state index contributed by atoms with van der Waals surface area (Å²) in [7, 11) is 0. The van der Waals surface area contributed by atoms with Crippen LogP contribution in [0.1, 0.15) is 34.9 Å². The second-order valence-corrected chi connectivity index (χ2v) is 4.80. The van der Waals surface area contributed by atoms with Gasteiger partial charge in [0.05, 0.1) is 11.7 Å². The zero-order valence-electron chi connectivity index (χ0n) is 10.5. The Balaban J connectivity index is 2.11. The second kappa shape index (κ2) is 6.26. The van der Waals surface area contributed by atoms with Gasteiger partial charge in [0.15, 0.2) is 0 Å². The van der Waals surface area contributed by atoms with Crippen LogP contribution in [0.25, 0.3) is 0 Å². The molecule has 0 saturated heterocycles. The Morgan fingerprint density at radius 2 is 2.32 bits per heavy atom. The van der Waals surface area contributed by atoms with E-state index in [-0.39, 0.29) is 11.9 Å². The quantitative estimate of drug-likeness (QED) is 0.571. The lowest BCUT2D eigenvalue weighted by atomic mass is 10.2. The van der Waals surface area contributed by atoms with Gasteiger partial charge in [0.25, 0.3) is 5.91 Å². The van der Waals surface area contributed by atoms with Crippen molar-refractivity contribution in [3.8, 4) is 0 Å². The fourth-order valence-electron chi connectivity index (χ4n) is 1.62. The van der Waals surface area contributed by atoms with Crippen LogP contribution in [0.3, 0.4) is 0 Å². The van der Waals surface area contributed by atoms with Gasteiger partial charge in [0, 0.05) is 17.8 Å². The number of nitrogens with zero attached hydrogens (tertiary/aromatic N) is 2. The van der Waals surface area contributed by atoms with E-state index in [1.165, 1.54) is 17.5 Å². The third-order valence-corrected chi connectivity index (χ3v) is 3.51. The van der Waals surface area contributed by atoms with Crippen molar-refractivity contribution in [1.29, 1.82) is 0 Å². The molecule has 100 valence electrons. The molecule has 19 heavy (non-hydrogen) atoms. The van der Waals surface area contributed by atoms with E-state index in [0.29, 0.717) is 11.4 Å². The van der Waals surface area contributed by atoms with Gasteiger partial charge in [-0.15, -0.1) is 11.3 Å². The average molecular weight is 277 g/mol. The summed E-state index contributed by atoms with van der Waals surface area (Å²) < 4.78 is 0.